The number of nitrogen functional groups attached to an aromatic ring is 1. The second-order valence-corrected chi connectivity index (χ2v) is 8.47. The molecule has 3 N–H and O–H groups in total. The Morgan fingerprint density at radius 3 is 2.46 bits per heavy atom. The molecule has 0 spiro atoms. The predicted octanol–water partition coefficient (Wildman–Crippen LogP) is 4.16. The molecule has 1 saturated heterocycles. The van der Waals surface area contributed by atoms with E-state index in [9.17, 15) is 4.79 Å². The Kier molecular flexibility index (Phi) is 5.27. The van der Waals surface area contributed by atoms with Gasteiger partial charge in [-0.25, -0.2) is 0 Å². The second kappa shape index (κ2) is 7.84. The Labute approximate surface area is 166 Å². The molecule has 1 aliphatic heterocycles. The van der Waals surface area contributed by atoms with Gasteiger partial charge in [-0.2, -0.15) is 0 Å². The molecule has 1 saturated carbocycles. The molecule has 1 heterocycles. The summed E-state index contributed by atoms with van der Waals surface area (Å²) in [5, 5.41) is 2.85. The summed E-state index contributed by atoms with van der Waals surface area (Å²) in [6.45, 7) is 5.84. The summed E-state index contributed by atoms with van der Waals surface area (Å²) in [6.07, 6.45) is 5.13. The molecule has 1 aliphatic carbocycles. The fourth-order valence-electron chi connectivity index (χ4n) is 3.78. The molecule has 1 amide bonds. The molecule has 5 heteroatoms. The van der Waals surface area contributed by atoms with Crippen molar-refractivity contribution in [3.8, 4) is 5.75 Å². The number of nitrogens with zero attached hydrogens (tertiary/aromatic N) is 1. The standard InChI is InChI=1S/C23H29N3O2/c1-23(12-13-23)16-26-14-10-19(11-15-26)28-18-8-6-17(7-9-18)22(27)25-21-5-3-2-4-20(21)24/h2-9,19H,10-16,24H2,1H3,(H,25,27). The number of hydrogen-bond acceptors (Lipinski definition) is 4. The van der Waals surface area contributed by atoms with Crippen LogP contribution in [-0.4, -0.2) is 36.5 Å². The quantitative estimate of drug-likeness (QED) is 0.740. The number of hydrogen-bond donors (Lipinski definition) is 2. The number of nitrogens with two attached hydrogens (primary N) is 1. The zero-order chi connectivity index (χ0) is 19.6. The van der Waals surface area contributed by atoms with Gasteiger partial charge in [-0.1, -0.05) is 19.1 Å². The lowest BCUT2D eigenvalue weighted by molar-refractivity contribution is 0.0901. The van der Waals surface area contributed by atoms with Gasteiger partial charge < -0.3 is 20.7 Å². The average Bonchev–Trinajstić information content (AvgIpc) is 3.42. The van der Waals surface area contributed by atoms with Crippen molar-refractivity contribution in [1.82, 2.24) is 4.90 Å². The van der Waals surface area contributed by atoms with E-state index in [0.717, 1.165) is 31.7 Å². The first-order valence-corrected chi connectivity index (χ1v) is 10.2. The first-order valence-electron chi connectivity index (χ1n) is 10.2. The number of rotatable bonds is 6. The minimum absolute atomic E-state index is 0.175. The highest BCUT2D eigenvalue weighted by Gasteiger charge is 2.39. The molecular formula is C23H29N3O2. The van der Waals surface area contributed by atoms with Gasteiger partial charge >= 0.3 is 0 Å². The van der Waals surface area contributed by atoms with E-state index in [1.807, 2.05) is 24.3 Å². The van der Waals surface area contributed by atoms with Gasteiger partial charge in [0, 0.05) is 25.2 Å². The van der Waals surface area contributed by atoms with Crippen LogP contribution in [-0.2, 0) is 0 Å². The molecule has 28 heavy (non-hydrogen) atoms. The lowest BCUT2D eigenvalue weighted by Gasteiger charge is -2.33. The normalized spacial score (nSPS) is 19.2. The van der Waals surface area contributed by atoms with Crippen molar-refractivity contribution in [1.29, 1.82) is 0 Å². The molecule has 4 rings (SSSR count). The molecule has 0 atom stereocenters. The maximum atomic E-state index is 12.4. The maximum Gasteiger partial charge on any atom is 0.255 e. The van der Waals surface area contributed by atoms with E-state index in [1.54, 1.807) is 24.3 Å². The summed E-state index contributed by atoms with van der Waals surface area (Å²) in [6, 6.07) is 14.6. The van der Waals surface area contributed by atoms with E-state index >= 15 is 0 Å². The molecule has 0 radical (unpaired) electrons. The number of amides is 1. The third-order valence-electron chi connectivity index (χ3n) is 5.87. The first kappa shape index (κ1) is 18.8. The summed E-state index contributed by atoms with van der Waals surface area (Å²) in [5.41, 5.74) is 8.23. The molecule has 148 valence electrons. The molecule has 5 nitrogen and oxygen atoms in total. The van der Waals surface area contributed by atoms with Crippen molar-refractivity contribution < 1.29 is 9.53 Å². The highest BCUT2D eigenvalue weighted by Crippen LogP contribution is 2.45. The van der Waals surface area contributed by atoms with Crippen LogP contribution in [0.5, 0.6) is 5.75 Å². The summed E-state index contributed by atoms with van der Waals surface area (Å²) in [4.78, 5) is 15.0. The zero-order valence-corrected chi connectivity index (χ0v) is 16.5. The molecule has 0 bridgehead atoms. The monoisotopic (exact) mass is 379 g/mol. The van der Waals surface area contributed by atoms with Crippen molar-refractivity contribution >= 4 is 17.3 Å². The Balaban J connectivity index is 1.28. The van der Waals surface area contributed by atoms with Gasteiger partial charge in [-0.3, -0.25) is 4.79 Å². The van der Waals surface area contributed by atoms with Crippen LogP contribution >= 0.6 is 0 Å². The van der Waals surface area contributed by atoms with Crippen molar-refractivity contribution in [2.45, 2.75) is 38.7 Å². The van der Waals surface area contributed by atoms with Gasteiger partial charge in [0.05, 0.1) is 11.4 Å². The lowest BCUT2D eigenvalue weighted by Crippen LogP contribution is -2.40. The fraction of sp³-hybridized carbons (Fsp3) is 0.435. The van der Waals surface area contributed by atoms with Crippen LogP contribution in [0.15, 0.2) is 48.5 Å². The number of nitrogens with one attached hydrogen (secondary N) is 1. The fourth-order valence-corrected chi connectivity index (χ4v) is 3.78. The van der Waals surface area contributed by atoms with E-state index in [-0.39, 0.29) is 12.0 Å². The van der Waals surface area contributed by atoms with Crippen molar-refractivity contribution in [3.05, 3.63) is 54.1 Å². The van der Waals surface area contributed by atoms with Crippen LogP contribution in [0.4, 0.5) is 11.4 Å². The van der Waals surface area contributed by atoms with Crippen molar-refractivity contribution in [3.63, 3.8) is 0 Å². The van der Waals surface area contributed by atoms with Gasteiger partial charge in [-0.15, -0.1) is 0 Å². The third-order valence-corrected chi connectivity index (χ3v) is 5.87. The van der Waals surface area contributed by atoms with E-state index in [1.165, 1.54) is 19.4 Å². The van der Waals surface area contributed by atoms with Gasteiger partial charge in [-0.05, 0) is 67.5 Å². The highest BCUT2D eigenvalue weighted by molar-refractivity contribution is 6.05. The van der Waals surface area contributed by atoms with E-state index in [4.69, 9.17) is 10.5 Å². The Morgan fingerprint density at radius 2 is 1.82 bits per heavy atom. The number of carbonyl (C=O) groups excluding carboxylic acids is 1. The number of carbonyl (C=O) groups is 1. The van der Waals surface area contributed by atoms with Gasteiger partial charge in [0.15, 0.2) is 0 Å². The molecule has 0 unspecified atom stereocenters. The largest absolute Gasteiger partial charge is 0.490 e. The lowest BCUT2D eigenvalue weighted by atomic mass is 10.0. The van der Waals surface area contributed by atoms with Gasteiger partial charge in [0.2, 0.25) is 0 Å². The number of benzene rings is 2. The molecule has 2 aliphatic rings. The average molecular weight is 380 g/mol. The summed E-state index contributed by atoms with van der Waals surface area (Å²) in [7, 11) is 0. The predicted molar refractivity (Wildman–Crippen MR) is 113 cm³/mol. The number of likely N-dealkylation sites (tertiary alicyclic amines) is 1. The van der Waals surface area contributed by atoms with E-state index < -0.39 is 0 Å². The van der Waals surface area contributed by atoms with Crippen molar-refractivity contribution in [2.75, 3.05) is 30.7 Å². The number of para-hydroxylation sites is 2. The first-order chi connectivity index (χ1) is 13.5. The minimum atomic E-state index is -0.175. The molecule has 2 fully saturated rings. The van der Waals surface area contributed by atoms with E-state index in [0.29, 0.717) is 22.4 Å². The second-order valence-electron chi connectivity index (χ2n) is 8.47. The number of piperidine rings is 1. The van der Waals surface area contributed by atoms with Crippen LogP contribution in [0.3, 0.4) is 0 Å². The van der Waals surface area contributed by atoms with Crippen LogP contribution in [0.1, 0.15) is 43.0 Å². The van der Waals surface area contributed by atoms with Crippen LogP contribution in [0.2, 0.25) is 0 Å². The van der Waals surface area contributed by atoms with Crippen LogP contribution < -0.4 is 15.8 Å². The molecule has 2 aromatic rings. The molecule has 2 aromatic carbocycles. The maximum absolute atomic E-state index is 12.4. The molecular weight excluding hydrogens is 350 g/mol. The Hall–Kier alpha value is -2.53. The number of anilines is 2. The van der Waals surface area contributed by atoms with Crippen LogP contribution in [0, 0.1) is 5.41 Å². The highest BCUT2D eigenvalue weighted by atomic mass is 16.5. The van der Waals surface area contributed by atoms with Crippen LogP contribution in [0.25, 0.3) is 0 Å². The van der Waals surface area contributed by atoms with Gasteiger partial charge in [0.25, 0.3) is 5.91 Å². The van der Waals surface area contributed by atoms with Gasteiger partial charge in [0.1, 0.15) is 11.9 Å². The summed E-state index contributed by atoms with van der Waals surface area (Å²) < 4.78 is 6.14. The smallest absolute Gasteiger partial charge is 0.255 e. The Morgan fingerprint density at radius 1 is 1.14 bits per heavy atom. The Bertz CT molecular complexity index is 822. The van der Waals surface area contributed by atoms with Crippen molar-refractivity contribution in [2.24, 2.45) is 5.41 Å². The van der Waals surface area contributed by atoms with E-state index in [2.05, 4.69) is 17.1 Å². The minimum Gasteiger partial charge on any atom is -0.490 e. The summed E-state index contributed by atoms with van der Waals surface area (Å²) in [5.74, 6) is 0.648. The SMILES string of the molecule is CC1(CN2CCC(Oc3ccc(C(=O)Nc4ccccc4N)cc3)CC2)CC1. The topological polar surface area (TPSA) is 67.6 Å². The summed E-state index contributed by atoms with van der Waals surface area (Å²) >= 11 is 0. The third kappa shape index (κ3) is 4.65. The zero-order valence-electron chi connectivity index (χ0n) is 16.5. The molecule has 0 aromatic heterocycles. The number of ether oxygens (including phenoxy) is 1.